The highest BCUT2D eigenvalue weighted by Gasteiger charge is 2.32. The molecule has 1 amide bonds. The standard InChI is InChI=1S/C16H25N5O3/c1-19-5-2-4-13(19)15(22)21-7-3-6-20(8-9-21)11-12-10-17-18-14(12)16(23)24/h10,13H,2-9,11H2,1H3,(H,17,18)(H,23,24)/t13-/m0/s1. The first-order valence-corrected chi connectivity index (χ1v) is 8.53. The van der Waals surface area contributed by atoms with E-state index in [1.165, 1.54) is 0 Å². The van der Waals surface area contributed by atoms with Crippen LogP contribution in [0.3, 0.4) is 0 Å². The number of likely N-dealkylation sites (N-methyl/N-ethyl adjacent to an activating group) is 1. The molecule has 2 fully saturated rings. The zero-order valence-corrected chi connectivity index (χ0v) is 14.1. The second kappa shape index (κ2) is 7.31. The summed E-state index contributed by atoms with van der Waals surface area (Å²) in [6.45, 7) is 4.62. The van der Waals surface area contributed by atoms with Crippen molar-refractivity contribution in [2.75, 3.05) is 39.8 Å². The van der Waals surface area contributed by atoms with Crippen LogP contribution in [-0.2, 0) is 11.3 Å². The van der Waals surface area contributed by atoms with Gasteiger partial charge in [-0.2, -0.15) is 5.10 Å². The first-order chi connectivity index (χ1) is 11.6. The summed E-state index contributed by atoms with van der Waals surface area (Å²) in [4.78, 5) is 30.2. The highest BCUT2D eigenvalue weighted by molar-refractivity contribution is 5.86. The van der Waals surface area contributed by atoms with Gasteiger partial charge in [-0.05, 0) is 32.9 Å². The van der Waals surface area contributed by atoms with Crippen molar-refractivity contribution in [2.24, 2.45) is 0 Å². The number of H-pyrrole nitrogens is 1. The number of carboxylic acids is 1. The van der Waals surface area contributed by atoms with E-state index < -0.39 is 5.97 Å². The number of rotatable bonds is 4. The minimum atomic E-state index is -0.988. The second-order valence-corrected chi connectivity index (χ2v) is 6.67. The average molecular weight is 335 g/mol. The lowest BCUT2D eigenvalue weighted by Gasteiger charge is -2.27. The first-order valence-electron chi connectivity index (χ1n) is 8.53. The van der Waals surface area contributed by atoms with Crippen molar-refractivity contribution >= 4 is 11.9 Å². The van der Waals surface area contributed by atoms with E-state index in [1.54, 1.807) is 6.20 Å². The van der Waals surface area contributed by atoms with Crippen LogP contribution in [0, 0.1) is 0 Å². The largest absolute Gasteiger partial charge is 0.477 e. The molecule has 0 saturated carbocycles. The van der Waals surface area contributed by atoms with E-state index in [0.29, 0.717) is 18.7 Å². The number of likely N-dealkylation sites (tertiary alicyclic amines) is 1. The average Bonchev–Trinajstić information content (AvgIpc) is 3.11. The first kappa shape index (κ1) is 16.9. The summed E-state index contributed by atoms with van der Waals surface area (Å²) in [5.41, 5.74) is 0.845. The molecule has 8 nitrogen and oxygen atoms in total. The molecule has 1 aromatic heterocycles. The monoisotopic (exact) mass is 335 g/mol. The predicted molar refractivity (Wildman–Crippen MR) is 87.7 cm³/mol. The van der Waals surface area contributed by atoms with Crippen LogP contribution in [-0.4, -0.2) is 87.7 Å². The minimum absolute atomic E-state index is 0.0315. The summed E-state index contributed by atoms with van der Waals surface area (Å²) in [7, 11) is 2.02. The Morgan fingerprint density at radius 3 is 2.79 bits per heavy atom. The Morgan fingerprint density at radius 2 is 2.08 bits per heavy atom. The van der Waals surface area contributed by atoms with E-state index >= 15 is 0 Å². The summed E-state index contributed by atoms with van der Waals surface area (Å²) in [5, 5.41) is 15.5. The lowest BCUT2D eigenvalue weighted by atomic mass is 10.2. The summed E-state index contributed by atoms with van der Waals surface area (Å²) < 4.78 is 0. The van der Waals surface area contributed by atoms with Crippen LogP contribution in [0.2, 0.25) is 0 Å². The van der Waals surface area contributed by atoms with Crippen molar-refractivity contribution < 1.29 is 14.7 Å². The number of aromatic amines is 1. The number of amides is 1. The Morgan fingerprint density at radius 1 is 1.25 bits per heavy atom. The second-order valence-electron chi connectivity index (χ2n) is 6.67. The molecule has 0 spiro atoms. The number of nitrogens with zero attached hydrogens (tertiary/aromatic N) is 4. The van der Waals surface area contributed by atoms with Crippen molar-refractivity contribution in [1.82, 2.24) is 24.9 Å². The van der Waals surface area contributed by atoms with Crippen LogP contribution in [0.1, 0.15) is 35.3 Å². The van der Waals surface area contributed by atoms with Crippen molar-refractivity contribution in [2.45, 2.75) is 31.8 Å². The van der Waals surface area contributed by atoms with E-state index in [-0.39, 0.29) is 17.6 Å². The summed E-state index contributed by atoms with van der Waals surface area (Å²) in [6.07, 6.45) is 4.52. The third-order valence-corrected chi connectivity index (χ3v) is 5.03. The van der Waals surface area contributed by atoms with E-state index in [1.807, 2.05) is 11.9 Å². The number of hydrogen-bond acceptors (Lipinski definition) is 5. The molecule has 132 valence electrons. The van der Waals surface area contributed by atoms with Crippen LogP contribution in [0.4, 0.5) is 0 Å². The lowest BCUT2D eigenvalue weighted by Crippen LogP contribution is -2.45. The molecule has 1 atom stereocenters. The van der Waals surface area contributed by atoms with Gasteiger partial charge in [-0.15, -0.1) is 0 Å². The fourth-order valence-electron chi connectivity index (χ4n) is 3.64. The van der Waals surface area contributed by atoms with Gasteiger partial charge < -0.3 is 10.0 Å². The van der Waals surface area contributed by atoms with Crippen LogP contribution in [0.15, 0.2) is 6.20 Å². The highest BCUT2D eigenvalue weighted by Crippen LogP contribution is 2.19. The Bertz CT molecular complexity index is 602. The molecular weight excluding hydrogens is 310 g/mol. The number of hydrogen-bond donors (Lipinski definition) is 2. The lowest BCUT2D eigenvalue weighted by molar-refractivity contribution is -0.135. The zero-order chi connectivity index (χ0) is 17.1. The molecule has 0 aromatic carbocycles. The fraction of sp³-hybridized carbons (Fsp3) is 0.688. The number of carboxylic acid groups (broad SMARTS) is 1. The Balaban J connectivity index is 1.58. The zero-order valence-electron chi connectivity index (χ0n) is 14.1. The smallest absolute Gasteiger partial charge is 0.354 e. The molecule has 24 heavy (non-hydrogen) atoms. The third kappa shape index (κ3) is 3.59. The number of nitrogens with one attached hydrogen (secondary N) is 1. The van der Waals surface area contributed by atoms with E-state index in [4.69, 9.17) is 5.11 Å². The van der Waals surface area contributed by atoms with Gasteiger partial charge in [-0.25, -0.2) is 4.79 Å². The highest BCUT2D eigenvalue weighted by atomic mass is 16.4. The maximum atomic E-state index is 12.7. The molecule has 2 N–H and O–H groups in total. The minimum Gasteiger partial charge on any atom is -0.477 e. The fourth-order valence-corrected chi connectivity index (χ4v) is 3.64. The molecule has 0 aliphatic carbocycles. The molecule has 1 aromatic rings. The van der Waals surface area contributed by atoms with E-state index in [2.05, 4.69) is 20.0 Å². The maximum absolute atomic E-state index is 12.7. The van der Waals surface area contributed by atoms with Crippen LogP contribution in [0.5, 0.6) is 0 Å². The number of carbonyl (C=O) groups is 2. The molecule has 0 bridgehead atoms. The molecule has 0 unspecified atom stereocenters. The van der Waals surface area contributed by atoms with Gasteiger partial charge in [0.2, 0.25) is 5.91 Å². The Hall–Kier alpha value is -1.93. The number of aromatic carboxylic acids is 1. The van der Waals surface area contributed by atoms with Gasteiger partial charge in [0.25, 0.3) is 0 Å². The van der Waals surface area contributed by atoms with Crippen molar-refractivity contribution in [3.05, 3.63) is 17.5 Å². The van der Waals surface area contributed by atoms with Crippen LogP contribution >= 0.6 is 0 Å². The third-order valence-electron chi connectivity index (χ3n) is 5.03. The van der Waals surface area contributed by atoms with E-state index in [9.17, 15) is 9.59 Å². The van der Waals surface area contributed by atoms with E-state index in [0.717, 1.165) is 45.4 Å². The van der Waals surface area contributed by atoms with Gasteiger partial charge >= 0.3 is 5.97 Å². The Labute approximate surface area is 141 Å². The summed E-state index contributed by atoms with van der Waals surface area (Å²) >= 11 is 0. The number of carbonyl (C=O) groups excluding carboxylic acids is 1. The van der Waals surface area contributed by atoms with Gasteiger partial charge in [0.1, 0.15) is 5.69 Å². The molecule has 0 radical (unpaired) electrons. The molecule has 2 aliphatic rings. The van der Waals surface area contributed by atoms with Gasteiger partial charge in [0.15, 0.2) is 0 Å². The molecule has 8 heteroatoms. The van der Waals surface area contributed by atoms with Gasteiger partial charge in [0.05, 0.1) is 12.2 Å². The molecule has 3 rings (SSSR count). The topological polar surface area (TPSA) is 92.8 Å². The predicted octanol–water partition coefficient (Wildman–Crippen LogP) is 0.236. The molecule has 2 saturated heterocycles. The molecular formula is C16H25N5O3. The van der Waals surface area contributed by atoms with Gasteiger partial charge in [-0.1, -0.05) is 0 Å². The van der Waals surface area contributed by atoms with Crippen molar-refractivity contribution in [3.8, 4) is 0 Å². The quantitative estimate of drug-likeness (QED) is 0.819. The molecule has 3 heterocycles. The maximum Gasteiger partial charge on any atom is 0.354 e. The normalized spacial score (nSPS) is 23.4. The SMILES string of the molecule is CN1CCC[C@H]1C(=O)N1CCCN(Cc2cn[nH]c2C(=O)O)CC1. The summed E-state index contributed by atoms with van der Waals surface area (Å²) in [6, 6.07) is 0.0315. The molecule has 2 aliphatic heterocycles. The summed E-state index contributed by atoms with van der Waals surface area (Å²) in [5.74, 6) is -0.746. The van der Waals surface area contributed by atoms with Crippen molar-refractivity contribution in [1.29, 1.82) is 0 Å². The van der Waals surface area contributed by atoms with Crippen molar-refractivity contribution in [3.63, 3.8) is 0 Å². The van der Waals surface area contributed by atoms with Gasteiger partial charge in [0, 0.05) is 38.3 Å². The number of aromatic nitrogens is 2. The van der Waals surface area contributed by atoms with Crippen LogP contribution < -0.4 is 0 Å². The van der Waals surface area contributed by atoms with Gasteiger partial charge in [-0.3, -0.25) is 19.7 Å². The van der Waals surface area contributed by atoms with Crippen LogP contribution in [0.25, 0.3) is 0 Å². The Kier molecular flexibility index (Phi) is 5.15.